The van der Waals surface area contributed by atoms with E-state index in [0.717, 1.165) is 0 Å². The van der Waals surface area contributed by atoms with Gasteiger partial charge < -0.3 is 19.6 Å². The number of hydrogen-bond donors (Lipinski definition) is 2. The van der Waals surface area contributed by atoms with Gasteiger partial charge >= 0.3 is 0 Å². The first-order valence-electron chi connectivity index (χ1n) is 5.63. The van der Waals surface area contributed by atoms with Crippen LogP contribution in [0.25, 0.3) is 0 Å². The van der Waals surface area contributed by atoms with E-state index in [1.54, 1.807) is 30.3 Å². The molecule has 1 aliphatic heterocycles. The Balaban J connectivity index is 1.93. The molecule has 1 aromatic carbocycles. The molecule has 0 saturated carbocycles. The van der Waals surface area contributed by atoms with E-state index >= 15 is 0 Å². The Morgan fingerprint density at radius 3 is 2.89 bits per heavy atom. The van der Waals surface area contributed by atoms with Gasteiger partial charge in [-0.3, -0.25) is 4.79 Å². The highest BCUT2D eigenvalue weighted by Crippen LogP contribution is 2.33. The number of anilines is 1. The Labute approximate surface area is 113 Å². The van der Waals surface area contributed by atoms with Crippen LogP contribution in [0, 0.1) is 0 Å². The van der Waals surface area contributed by atoms with Crippen LogP contribution in [0.1, 0.15) is 17.4 Å². The van der Waals surface area contributed by atoms with Gasteiger partial charge in [0, 0.05) is 0 Å². The Bertz CT molecular complexity index is 637. The highest BCUT2D eigenvalue weighted by Gasteiger charge is 2.20. The van der Waals surface area contributed by atoms with Crippen LogP contribution in [0.2, 0.25) is 5.22 Å². The number of halogens is 1. The minimum absolute atomic E-state index is 0.00267. The van der Waals surface area contributed by atoms with E-state index in [1.807, 2.05) is 0 Å². The molecule has 2 heterocycles. The van der Waals surface area contributed by atoms with Gasteiger partial charge in [0.25, 0.3) is 5.91 Å². The predicted molar refractivity (Wildman–Crippen MR) is 68.3 cm³/mol. The smallest absolute Gasteiger partial charge is 0.262 e. The number of aliphatic hydroxyl groups excluding tert-OH is 1. The van der Waals surface area contributed by atoms with Gasteiger partial charge in [-0.15, -0.1) is 0 Å². The van der Waals surface area contributed by atoms with Crippen molar-refractivity contribution in [2.45, 2.75) is 6.10 Å². The number of carbonyl (C=O) groups excluding carboxylic acids is 1. The molecule has 1 atom stereocenters. The van der Waals surface area contributed by atoms with E-state index in [9.17, 15) is 9.90 Å². The topological polar surface area (TPSA) is 71.7 Å². The van der Waals surface area contributed by atoms with Crippen LogP contribution in [0.15, 0.2) is 34.7 Å². The monoisotopic (exact) mass is 279 g/mol. The molecule has 0 fully saturated rings. The van der Waals surface area contributed by atoms with E-state index in [-0.39, 0.29) is 17.7 Å². The average Bonchev–Trinajstić information content (AvgIpc) is 2.83. The van der Waals surface area contributed by atoms with Gasteiger partial charge in [0.15, 0.2) is 11.8 Å². The zero-order chi connectivity index (χ0) is 13.4. The van der Waals surface area contributed by atoms with Crippen LogP contribution in [0.4, 0.5) is 5.69 Å². The average molecular weight is 280 g/mol. The Hall–Kier alpha value is -1.98. The van der Waals surface area contributed by atoms with Crippen LogP contribution in [0.3, 0.4) is 0 Å². The molecule has 0 aliphatic carbocycles. The first-order chi connectivity index (χ1) is 9.13. The van der Waals surface area contributed by atoms with Gasteiger partial charge in [-0.1, -0.05) is 6.07 Å². The van der Waals surface area contributed by atoms with Crippen molar-refractivity contribution in [3.05, 3.63) is 46.9 Å². The minimum atomic E-state index is -0.948. The second-order valence-electron chi connectivity index (χ2n) is 4.14. The number of hydrogen-bond acceptors (Lipinski definition) is 4. The molecule has 2 N–H and O–H groups in total. The largest absolute Gasteiger partial charge is 0.482 e. The van der Waals surface area contributed by atoms with Gasteiger partial charge in [-0.2, -0.15) is 0 Å². The van der Waals surface area contributed by atoms with Crippen molar-refractivity contribution in [3.8, 4) is 5.75 Å². The highest BCUT2D eigenvalue weighted by molar-refractivity contribution is 6.28. The first-order valence-corrected chi connectivity index (χ1v) is 6.01. The fraction of sp³-hybridized carbons (Fsp3) is 0.154. The summed E-state index contributed by atoms with van der Waals surface area (Å²) in [7, 11) is 0. The number of benzene rings is 1. The van der Waals surface area contributed by atoms with Gasteiger partial charge in [-0.25, -0.2) is 0 Å². The molecule has 1 amide bonds. The lowest BCUT2D eigenvalue weighted by Crippen LogP contribution is -2.25. The molecule has 1 aromatic heterocycles. The minimum Gasteiger partial charge on any atom is -0.482 e. The fourth-order valence-electron chi connectivity index (χ4n) is 1.91. The fourth-order valence-corrected chi connectivity index (χ4v) is 2.06. The molecule has 3 rings (SSSR count). The highest BCUT2D eigenvalue weighted by atomic mass is 35.5. The van der Waals surface area contributed by atoms with Crippen LogP contribution in [0.5, 0.6) is 5.75 Å². The van der Waals surface area contributed by atoms with Gasteiger partial charge in [0.1, 0.15) is 17.6 Å². The molecular weight excluding hydrogens is 270 g/mol. The molecule has 98 valence electrons. The molecule has 0 bridgehead atoms. The zero-order valence-corrected chi connectivity index (χ0v) is 10.5. The summed E-state index contributed by atoms with van der Waals surface area (Å²) >= 11 is 5.67. The van der Waals surface area contributed by atoms with Crippen molar-refractivity contribution in [1.82, 2.24) is 0 Å². The lowest BCUT2D eigenvalue weighted by Gasteiger charge is -2.19. The van der Waals surface area contributed by atoms with Gasteiger partial charge in [0.05, 0.1) is 5.69 Å². The van der Waals surface area contributed by atoms with Crippen molar-refractivity contribution in [1.29, 1.82) is 0 Å². The number of fused-ring (bicyclic) bond motifs is 1. The third-order valence-corrected chi connectivity index (χ3v) is 3.02. The van der Waals surface area contributed by atoms with E-state index < -0.39 is 6.10 Å². The number of ether oxygens (including phenoxy) is 1. The van der Waals surface area contributed by atoms with Crippen LogP contribution < -0.4 is 10.1 Å². The number of aliphatic hydroxyl groups is 1. The second kappa shape index (κ2) is 4.60. The summed E-state index contributed by atoms with van der Waals surface area (Å²) < 4.78 is 10.4. The molecule has 0 saturated heterocycles. The van der Waals surface area contributed by atoms with E-state index in [1.165, 1.54) is 0 Å². The summed E-state index contributed by atoms with van der Waals surface area (Å²) in [6.07, 6.45) is -0.948. The maximum Gasteiger partial charge on any atom is 0.262 e. The van der Waals surface area contributed by atoms with Crippen LogP contribution >= 0.6 is 11.6 Å². The van der Waals surface area contributed by atoms with E-state index in [4.69, 9.17) is 20.8 Å². The SMILES string of the molecule is O=C1COc2ccc(C(O)c3ccc(Cl)o3)cc2N1. The summed E-state index contributed by atoms with van der Waals surface area (Å²) in [6.45, 7) is 0.00267. The van der Waals surface area contributed by atoms with E-state index in [0.29, 0.717) is 22.8 Å². The number of rotatable bonds is 2. The lowest BCUT2D eigenvalue weighted by atomic mass is 10.1. The summed E-state index contributed by atoms with van der Waals surface area (Å²) in [5.41, 5.74) is 1.11. The summed E-state index contributed by atoms with van der Waals surface area (Å²) in [5, 5.41) is 13.1. The number of nitrogens with one attached hydrogen (secondary N) is 1. The summed E-state index contributed by atoms with van der Waals surface area (Å²) in [4.78, 5) is 11.2. The molecule has 1 aliphatic rings. The summed E-state index contributed by atoms with van der Waals surface area (Å²) in [5.74, 6) is 0.696. The van der Waals surface area contributed by atoms with Gasteiger partial charge in [0.2, 0.25) is 0 Å². The maximum absolute atomic E-state index is 11.2. The molecule has 19 heavy (non-hydrogen) atoms. The van der Waals surface area contributed by atoms with Crippen molar-refractivity contribution in [3.63, 3.8) is 0 Å². The maximum atomic E-state index is 11.2. The number of carbonyl (C=O) groups is 1. The predicted octanol–water partition coefficient (Wildman–Crippen LogP) is 2.35. The molecule has 0 radical (unpaired) electrons. The normalized spacial score (nSPS) is 15.4. The lowest BCUT2D eigenvalue weighted by molar-refractivity contribution is -0.118. The van der Waals surface area contributed by atoms with Crippen molar-refractivity contribution < 1.29 is 19.1 Å². The standard InChI is InChI=1S/C13H10ClNO4/c14-11-4-3-10(19-11)13(17)7-1-2-9-8(5-7)15-12(16)6-18-9/h1-5,13,17H,6H2,(H,15,16). The number of furan rings is 1. The van der Waals surface area contributed by atoms with E-state index in [2.05, 4.69) is 5.32 Å². The third-order valence-electron chi connectivity index (χ3n) is 2.82. The molecule has 5 nitrogen and oxygen atoms in total. The van der Waals surface area contributed by atoms with Crippen LogP contribution in [-0.2, 0) is 4.79 Å². The molecule has 0 spiro atoms. The second-order valence-corrected chi connectivity index (χ2v) is 4.51. The number of amides is 1. The Morgan fingerprint density at radius 2 is 2.16 bits per heavy atom. The van der Waals surface area contributed by atoms with Crippen molar-refractivity contribution in [2.75, 3.05) is 11.9 Å². The third kappa shape index (κ3) is 2.30. The van der Waals surface area contributed by atoms with Crippen molar-refractivity contribution >= 4 is 23.2 Å². The molecule has 1 unspecified atom stereocenters. The Kier molecular flexibility index (Phi) is 2.93. The quantitative estimate of drug-likeness (QED) is 0.885. The Morgan fingerprint density at radius 1 is 1.32 bits per heavy atom. The zero-order valence-electron chi connectivity index (χ0n) is 9.72. The summed E-state index contributed by atoms with van der Waals surface area (Å²) in [6, 6.07) is 8.20. The van der Waals surface area contributed by atoms with Gasteiger partial charge in [-0.05, 0) is 41.4 Å². The van der Waals surface area contributed by atoms with Crippen molar-refractivity contribution in [2.24, 2.45) is 0 Å². The molecule has 6 heteroatoms. The molecular formula is C13H10ClNO4. The molecule has 2 aromatic rings. The first kappa shape index (κ1) is 12.1. The van der Waals surface area contributed by atoms with Crippen LogP contribution in [-0.4, -0.2) is 17.6 Å².